The van der Waals surface area contributed by atoms with Gasteiger partial charge in [-0.3, -0.25) is 5.10 Å². The molecule has 0 saturated heterocycles. The average Bonchev–Trinajstić information content (AvgIpc) is 2.90. The van der Waals surface area contributed by atoms with Crippen molar-refractivity contribution in [2.45, 2.75) is 13.5 Å². The number of rotatable bonds is 5. The van der Waals surface area contributed by atoms with E-state index in [2.05, 4.69) is 15.3 Å². The van der Waals surface area contributed by atoms with Gasteiger partial charge in [0.2, 0.25) is 4.77 Å². The first-order valence-electron chi connectivity index (χ1n) is 7.27. The van der Waals surface area contributed by atoms with Crippen LogP contribution in [-0.4, -0.2) is 21.1 Å². The lowest BCUT2D eigenvalue weighted by atomic mass is 10.2. The molecule has 24 heavy (non-hydrogen) atoms. The van der Waals surface area contributed by atoms with Crippen molar-refractivity contribution in [3.8, 4) is 5.75 Å². The van der Waals surface area contributed by atoms with Crippen LogP contribution in [-0.2, 0) is 6.61 Å². The lowest BCUT2D eigenvalue weighted by Crippen LogP contribution is -1.96. The van der Waals surface area contributed by atoms with Crippen molar-refractivity contribution in [1.29, 1.82) is 0 Å². The minimum atomic E-state index is 0.463. The first-order chi connectivity index (χ1) is 11.6. The Morgan fingerprint density at radius 3 is 2.75 bits per heavy atom. The monoisotopic (exact) mass is 358 g/mol. The van der Waals surface area contributed by atoms with E-state index >= 15 is 0 Å². The largest absolute Gasteiger partial charge is 0.489 e. The van der Waals surface area contributed by atoms with Gasteiger partial charge in [0.05, 0.1) is 6.21 Å². The smallest absolute Gasteiger partial charge is 0.216 e. The summed E-state index contributed by atoms with van der Waals surface area (Å²) in [6, 6.07) is 15.3. The third-order valence-corrected chi connectivity index (χ3v) is 3.81. The molecule has 2 aromatic carbocycles. The van der Waals surface area contributed by atoms with E-state index in [0.29, 0.717) is 22.2 Å². The number of aryl methyl sites for hydroxylation is 1. The summed E-state index contributed by atoms with van der Waals surface area (Å²) in [6.07, 6.45) is 1.72. The van der Waals surface area contributed by atoms with Crippen LogP contribution in [0.15, 0.2) is 53.6 Å². The van der Waals surface area contributed by atoms with Crippen LogP contribution in [0.5, 0.6) is 5.75 Å². The second kappa shape index (κ2) is 7.42. The Morgan fingerprint density at radius 2 is 2.08 bits per heavy atom. The molecular weight excluding hydrogens is 344 g/mol. The molecule has 1 heterocycles. The number of aromatic amines is 1. The van der Waals surface area contributed by atoms with E-state index in [-0.39, 0.29) is 0 Å². The van der Waals surface area contributed by atoms with Crippen molar-refractivity contribution >= 4 is 30.0 Å². The maximum Gasteiger partial charge on any atom is 0.216 e. The Kier molecular flexibility index (Phi) is 5.08. The van der Waals surface area contributed by atoms with Gasteiger partial charge >= 0.3 is 0 Å². The van der Waals surface area contributed by atoms with E-state index in [1.807, 2.05) is 55.5 Å². The van der Waals surface area contributed by atoms with Gasteiger partial charge in [0.15, 0.2) is 0 Å². The van der Waals surface area contributed by atoms with Gasteiger partial charge in [-0.1, -0.05) is 23.7 Å². The summed E-state index contributed by atoms with van der Waals surface area (Å²) in [5.41, 5.74) is 1.96. The molecule has 0 unspecified atom stereocenters. The summed E-state index contributed by atoms with van der Waals surface area (Å²) < 4.78 is 7.78. The SMILES string of the molecule is Cc1n[nH]c(=S)n1/N=C/c1ccc(OCc2cccc(Cl)c2)cc1. The molecule has 0 aliphatic heterocycles. The van der Waals surface area contributed by atoms with E-state index in [0.717, 1.165) is 16.9 Å². The number of halogens is 1. The van der Waals surface area contributed by atoms with E-state index in [4.69, 9.17) is 28.6 Å². The molecule has 0 aliphatic rings. The second-order valence-corrected chi connectivity index (χ2v) is 5.94. The topological polar surface area (TPSA) is 55.2 Å². The molecule has 1 N–H and O–H groups in total. The molecule has 0 spiro atoms. The Hall–Kier alpha value is -2.44. The second-order valence-electron chi connectivity index (χ2n) is 5.12. The van der Waals surface area contributed by atoms with Gasteiger partial charge in [-0.2, -0.15) is 14.9 Å². The molecule has 0 saturated carbocycles. The van der Waals surface area contributed by atoms with Crippen LogP contribution in [0.2, 0.25) is 5.02 Å². The summed E-state index contributed by atoms with van der Waals surface area (Å²) >= 11 is 11.1. The summed E-state index contributed by atoms with van der Waals surface area (Å²) in [6.45, 7) is 2.30. The summed E-state index contributed by atoms with van der Waals surface area (Å²) in [4.78, 5) is 0. The molecule has 0 bridgehead atoms. The highest BCUT2D eigenvalue weighted by Crippen LogP contribution is 2.16. The summed E-state index contributed by atoms with van der Waals surface area (Å²) in [5, 5.41) is 11.7. The van der Waals surface area contributed by atoms with Gasteiger partial charge in [0.1, 0.15) is 18.2 Å². The van der Waals surface area contributed by atoms with Crippen LogP contribution in [0, 0.1) is 11.7 Å². The molecule has 0 fully saturated rings. The van der Waals surface area contributed by atoms with Gasteiger partial charge in [-0.25, -0.2) is 0 Å². The number of benzene rings is 2. The van der Waals surface area contributed by atoms with Gasteiger partial charge in [0, 0.05) is 5.02 Å². The van der Waals surface area contributed by atoms with Crippen LogP contribution >= 0.6 is 23.8 Å². The number of H-pyrrole nitrogens is 1. The number of nitrogens with zero attached hydrogens (tertiary/aromatic N) is 3. The third-order valence-electron chi connectivity index (χ3n) is 3.31. The third kappa shape index (κ3) is 4.10. The maximum absolute atomic E-state index is 5.96. The maximum atomic E-state index is 5.96. The van der Waals surface area contributed by atoms with E-state index < -0.39 is 0 Å². The Balaban J connectivity index is 1.64. The van der Waals surface area contributed by atoms with Crippen LogP contribution in [0.1, 0.15) is 17.0 Å². The zero-order valence-corrected chi connectivity index (χ0v) is 14.5. The van der Waals surface area contributed by atoms with E-state index in [1.54, 1.807) is 10.9 Å². The quantitative estimate of drug-likeness (QED) is 0.544. The van der Waals surface area contributed by atoms with E-state index in [1.165, 1.54) is 0 Å². The zero-order chi connectivity index (χ0) is 16.9. The molecule has 7 heteroatoms. The van der Waals surface area contributed by atoms with Gasteiger partial charge in [-0.15, -0.1) is 0 Å². The van der Waals surface area contributed by atoms with Crippen molar-refractivity contribution in [2.24, 2.45) is 5.10 Å². The van der Waals surface area contributed by atoms with Crippen molar-refractivity contribution in [3.05, 3.63) is 75.3 Å². The fourth-order valence-electron chi connectivity index (χ4n) is 2.07. The number of ether oxygens (including phenoxy) is 1. The normalized spacial score (nSPS) is 11.1. The van der Waals surface area contributed by atoms with Crippen LogP contribution < -0.4 is 4.74 Å². The highest BCUT2D eigenvalue weighted by atomic mass is 35.5. The highest BCUT2D eigenvalue weighted by Gasteiger charge is 1.99. The fraction of sp³-hybridized carbons (Fsp3) is 0.118. The highest BCUT2D eigenvalue weighted by molar-refractivity contribution is 7.71. The van der Waals surface area contributed by atoms with Gasteiger partial charge in [-0.05, 0) is 66.7 Å². The summed E-state index contributed by atoms with van der Waals surface area (Å²) in [7, 11) is 0. The minimum absolute atomic E-state index is 0.463. The van der Waals surface area contributed by atoms with Crippen molar-refractivity contribution in [1.82, 2.24) is 14.9 Å². The van der Waals surface area contributed by atoms with Gasteiger partial charge < -0.3 is 4.74 Å². The van der Waals surface area contributed by atoms with Crippen LogP contribution in [0.4, 0.5) is 0 Å². The van der Waals surface area contributed by atoms with Crippen molar-refractivity contribution in [3.63, 3.8) is 0 Å². The molecular formula is C17H15ClN4OS. The number of hydrogen-bond acceptors (Lipinski definition) is 4. The van der Waals surface area contributed by atoms with Gasteiger partial charge in [0.25, 0.3) is 0 Å². The summed E-state index contributed by atoms with van der Waals surface area (Å²) in [5.74, 6) is 1.49. The average molecular weight is 359 g/mol. The standard InChI is InChI=1S/C17H15ClN4OS/c1-12-20-21-17(24)22(12)19-10-13-5-7-16(8-6-13)23-11-14-3-2-4-15(18)9-14/h2-10H,11H2,1H3,(H,21,24)/b19-10+. The molecule has 3 rings (SSSR count). The molecule has 0 aliphatic carbocycles. The molecule has 122 valence electrons. The molecule has 0 radical (unpaired) electrons. The molecule has 0 amide bonds. The lowest BCUT2D eigenvalue weighted by Gasteiger charge is -2.06. The predicted octanol–water partition coefficient (Wildman–Crippen LogP) is 4.36. The first kappa shape index (κ1) is 16.4. The Labute approximate surface area is 149 Å². The molecule has 5 nitrogen and oxygen atoms in total. The zero-order valence-electron chi connectivity index (χ0n) is 12.9. The Bertz CT molecular complexity index is 915. The molecule has 0 atom stereocenters. The van der Waals surface area contributed by atoms with Crippen molar-refractivity contribution < 1.29 is 4.74 Å². The van der Waals surface area contributed by atoms with Crippen LogP contribution in [0.3, 0.4) is 0 Å². The first-order valence-corrected chi connectivity index (χ1v) is 8.06. The molecule has 3 aromatic rings. The van der Waals surface area contributed by atoms with Crippen LogP contribution in [0.25, 0.3) is 0 Å². The predicted molar refractivity (Wildman–Crippen MR) is 97.4 cm³/mol. The molecule has 1 aromatic heterocycles. The lowest BCUT2D eigenvalue weighted by molar-refractivity contribution is 0.306. The van der Waals surface area contributed by atoms with Crippen molar-refractivity contribution in [2.75, 3.05) is 0 Å². The minimum Gasteiger partial charge on any atom is -0.489 e. The van der Waals surface area contributed by atoms with E-state index in [9.17, 15) is 0 Å². The number of aromatic nitrogens is 3. The number of hydrogen-bond donors (Lipinski definition) is 1. The Morgan fingerprint density at radius 1 is 1.29 bits per heavy atom. The number of nitrogens with one attached hydrogen (secondary N) is 1. The fourth-order valence-corrected chi connectivity index (χ4v) is 2.51.